The molecule has 8 heteroatoms. The predicted octanol–water partition coefficient (Wildman–Crippen LogP) is 7.84. The van der Waals surface area contributed by atoms with Crippen LogP contribution < -0.4 is 4.57 Å². The summed E-state index contributed by atoms with van der Waals surface area (Å²) in [6.45, 7) is 4.50. The molecule has 1 nitrogen and oxygen atoms in total. The summed E-state index contributed by atoms with van der Waals surface area (Å²) in [4.78, 5) is 0. The van der Waals surface area contributed by atoms with Gasteiger partial charge in [-0.25, -0.2) is 0 Å². The molecular formula is C19H20F6NP. The number of fused-ring (bicyclic) bond motifs is 1. The van der Waals surface area contributed by atoms with Crippen molar-refractivity contribution in [2.45, 2.75) is 19.8 Å². The van der Waals surface area contributed by atoms with E-state index in [1.165, 1.54) is 27.7 Å². The zero-order valence-corrected chi connectivity index (χ0v) is 15.9. The summed E-state index contributed by atoms with van der Waals surface area (Å²) in [5.41, 5.74) is 5.26. The average Bonchev–Trinajstić information content (AvgIpc) is 2.53. The Hall–Kier alpha value is -2.14. The van der Waals surface area contributed by atoms with E-state index in [1.54, 1.807) is 0 Å². The fourth-order valence-corrected chi connectivity index (χ4v) is 2.87. The monoisotopic (exact) mass is 407 g/mol. The van der Waals surface area contributed by atoms with Gasteiger partial charge < -0.3 is 0 Å². The number of rotatable bonds is 2. The number of pyridine rings is 1. The molecule has 0 saturated carbocycles. The van der Waals surface area contributed by atoms with Gasteiger partial charge in [0.25, 0.3) is 0 Å². The Bertz CT molecular complexity index is 940. The maximum absolute atomic E-state index is 10.7. The van der Waals surface area contributed by atoms with Crippen molar-refractivity contribution < 1.29 is 29.7 Å². The second-order valence-electron chi connectivity index (χ2n) is 6.54. The normalized spacial score (nSPS) is 14.3. The third-order valence-electron chi connectivity index (χ3n) is 3.91. The van der Waals surface area contributed by atoms with Crippen molar-refractivity contribution in [3.63, 3.8) is 0 Å². The summed E-state index contributed by atoms with van der Waals surface area (Å²) in [5.74, 6) is 0.507. The van der Waals surface area contributed by atoms with Gasteiger partial charge in [-0.05, 0) is 11.6 Å². The first-order valence-electron chi connectivity index (χ1n) is 8.17. The van der Waals surface area contributed by atoms with E-state index in [-0.39, 0.29) is 0 Å². The van der Waals surface area contributed by atoms with Crippen molar-refractivity contribution in [3.8, 4) is 11.1 Å². The molecule has 0 amide bonds. The molecule has 0 saturated heterocycles. The van der Waals surface area contributed by atoms with Crippen LogP contribution in [0, 0.1) is 0 Å². The SMILES string of the molecule is CC(C)c1cc(-c2ccccc2)c2ccccc2[n+]1C.F[P-](F)(F)(F)(F)F. The molecule has 3 aromatic rings. The zero-order valence-electron chi connectivity index (χ0n) is 15.0. The molecule has 0 aliphatic heterocycles. The summed E-state index contributed by atoms with van der Waals surface area (Å²) in [6, 6.07) is 21.6. The van der Waals surface area contributed by atoms with Crippen LogP contribution in [0.4, 0.5) is 25.2 Å². The molecule has 27 heavy (non-hydrogen) atoms. The van der Waals surface area contributed by atoms with Crippen LogP contribution in [0.25, 0.3) is 22.0 Å². The maximum atomic E-state index is 9.87. The van der Waals surface area contributed by atoms with Crippen LogP contribution in [0.15, 0.2) is 60.7 Å². The van der Waals surface area contributed by atoms with Crippen LogP contribution >= 0.6 is 7.81 Å². The summed E-state index contributed by atoms with van der Waals surface area (Å²) >= 11 is 0. The second-order valence-corrected chi connectivity index (χ2v) is 8.45. The first-order chi connectivity index (χ1) is 12.1. The summed E-state index contributed by atoms with van der Waals surface area (Å²) in [6.07, 6.45) is 0. The number of hydrogen-bond acceptors (Lipinski definition) is 0. The number of hydrogen-bond donors (Lipinski definition) is 0. The van der Waals surface area contributed by atoms with Gasteiger partial charge in [-0.3, -0.25) is 0 Å². The summed E-state index contributed by atoms with van der Waals surface area (Å²) in [7, 11) is -8.50. The van der Waals surface area contributed by atoms with Gasteiger partial charge in [-0.2, -0.15) is 4.57 Å². The standard InChI is InChI=1S/C19H20N.F6P/c1-14(2)19-13-17(15-9-5-4-6-10-15)16-11-7-8-12-18(16)20(19)3;1-7(2,3,4,5)6/h4-14H,1-3H3;/q+1;-1. The number of halogens is 6. The summed E-state index contributed by atoms with van der Waals surface area (Å²) in [5, 5.41) is 1.31. The van der Waals surface area contributed by atoms with Gasteiger partial charge in [0.05, 0.1) is 5.39 Å². The molecule has 1 heterocycles. The minimum absolute atomic E-state index is 0.507. The first kappa shape index (κ1) is 21.2. The predicted molar refractivity (Wildman–Crippen MR) is 98.2 cm³/mol. The van der Waals surface area contributed by atoms with Gasteiger partial charge >= 0.3 is 33.0 Å². The number of para-hydroxylation sites is 1. The Morgan fingerprint density at radius 1 is 0.778 bits per heavy atom. The number of aryl methyl sites for hydroxylation is 1. The van der Waals surface area contributed by atoms with Gasteiger partial charge in [-0.1, -0.05) is 56.3 Å². The van der Waals surface area contributed by atoms with E-state index in [2.05, 4.69) is 86.1 Å². The third-order valence-corrected chi connectivity index (χ3v) is 3.91. The Labute approximate surface area is 153 Å². The van der Waals surface area contributed by atoms with Crippen LogP contribution in [0.5, 0.6) is 0 Å². The molecule has 0 aliphatic carbocycles. The summed E-state index contributed by atoms with van der Waals surface area (Å²) < 4.78 is 61.5. The van der Waals surface area contributed by atoms with E-state index in [1.807, 2.05) is 0 Å². The van der Waals surface area contributed by atoms with E-state index in [4.69, 9.17) is 0 Å². The molecule has 0 fully saturated rings. The Balaban J connectivity index is 0.000000321. The molecule has 2 aromatic carbocycles. The fraction of sp³-hybridized carbons (Fsp3) is 0.211. The molecule has 0 atom stereocenters. The number of benzene rings is 2. The van der Waals surface area contributed by atoms with E-state index in [9.17, 15) is 25.2 Å². The van der Waals surface area contributed by atoms with Crippen molar-refractivity contribution in [1.29, 1.82) is 0 Å². The Kier molecular flexibility index (Phi) is 5.08. The molecule has 0 spiro atoms. The van der Waals surface area contributed by atoms with Gasteiger partial charge in [0.2, 0.25) is 5.52 Å². The first-order valence-corrected chi connectivity index (χ1v) is 10.2. The van der Waals surface area contributed by atoms with E-state index in [0.29, 0.717) is 5.92 Å². The topological polar surface area (TPSA) is 3.88 Å². The van der Waals surface area contributed by atoms with Crippen LogP contribution in [0.1, 0.15) is 25.5 Å². The van der Waals surface area contributed by atoms with Crippen molar-refractivity contribution in [2.75, 3.05) is 0 Å². The van der Waals surface area contributed by atoms with Crippen LogP contribution in [0.3, 0.4) is 0 Å². The molecule has 0 bridgehead atoms. The molecule has 0 aliphatic rings. The van der Waals surface area contributed by atoms with Gasteiger partial charge in [0.15, 0.2) is 5.69 Å². The molecule has 1 aromatic heterocycles. The second kappa shape index (κ2) is 6.48. The molecular weight excluding hydrogens is 387 g/mol. The quantitative estimate of drug-likeness (QED) is 0.231. The molecule has 0 N–H and O–H groups in total. The average molecular weight is 407 g/mol. The number of aromatic nitrogens is 1. The van der Waals surface area contributed by atoms with E-state index < -0.39 is 7.81 Å². The molecule has 0 radical (unpaired) electrons. The molecule has 0 unspecified atom stereocenters. The van der Waals surface area contributed by atoms with Crippen LogP contribution in [0.2, 0.25) is 0 Å². The Morgan fingerprint density at radius 2 is 1.26 bits per heavy atom. The van der Waals surface area contributed by atoms with Gasteiger partial charge in [0.1, 0.15) is 7.05 Å². The number of nitrogens with zero attached hydrogens (tertiary/aromatic N) is 1. The van der Waals surface area contributed by atoms with Crippen LogP contribution in [-0.2, 0) is 7.05 Å². The van der Waals surface area contributed by atoms with E-state index >= 15 is 0 Å². The minimum atomic E-state index is -10.7. The van der Waals surface area contributed by atoms with E-state index in [0.717, 1.165) is 0 Å². The van der Waals surface area contributed by atoms with Crippen molar-refractivity contribution in [3.05, 3.63) is 66.4 Å². The molecule has 148 valence electrons. The van der Waals surface area contributed by atoms with Crippen molar-refractivity contribution in [1.82, 2.24) is 0 Å². The van der Waals surface area contributed by atoms with Gasteiger partial charge in [-0.15, -0.1) is 0 Å². The van der Waals surface area contributed by atoms with Crippen molar-refractivity contribution in [2.24, 2.45) is 7.05 Å². The zero-order chi connectivity index (χ0) is 20.5. The molecule has 3 rings (SSSR count). The van der Waals surface area contributed by atoms with Crippen molar-refractivity contribution >= 4 is 18.7 Å². The van der Waals surface area contributed by atoms with Gasteiger partial charge in [0, 0.05) is 23.6 Å². The van der Waals surface area contributed by atoms with Crippen LogP contribution in [-0.4, -0.2) is 0 Å². The third kappa shape index (κ3) is 6.83. The Morgan fingerprint density at radius 3 is 1.78 bits per heavy atom. The fourth-order valence-electron chi connectivity index (χ4n) is 2.87.